The lowest BCUT2D eigenvalue weighted by atomic mass is 10.2. The van der Waals surface area contributed by atoms with E-state index in [1.165, 1.54) is 5.69 Å². The number of amides is 1. The molecule has 0 aliphatic carbocycles. The van der Waals surface area contributed by atoms with Gasteiger partial charge in [0.25, 0.3) is 0 Å². The fourth-order valence-electron chi connectivity index (χ4n) is 3.79. The lowest BCUT2D eigenvalue weighted by molar-refractivity contribution is -0.118. The van der Waals surface area contributed by atoms with Crippen LogP contribution in [0.2, 0.25) is 0 Å². The second-order valence-corrected chi connectivity index (χ2v) is 7.88. The second-order valence-electron chi connectivity index (χ2n) is 7.88. The van der Waals surface area contributed by atoms with Gasteiger partial charge in [0.15, 0.2) is 5.65 Å². The van der Waals surface area contributed by atoms with Crippen molar-refractivity contribution in [3.8, 4) is 0 Å². The first-order chi connectivity index (χ1) is 16.1. The van der Waals surface area contributed by atoms with Crippen LogP contribution in [-0.4, -0.2) is 61.7 Å². The third-order valence-electron chi connectivity index (χ3n) is 5.47. The van der Waals surface area contributed by atoms with Gasteiger partial charge in [0.1, 0.15) is 0 Å². The van der Waals surface area contributed by atoms with Crippen molar-refractivity contribution in [3.63, 3.8) is 0 Å². The van der Waals surface area contributed by atoms with E-state index in [0.29, 0.717) is 19.0 Å². The molecule has 11 nitrogen and oxygen atoms in total. The number of nitrogens with one attached hydrogen (secondary N) is 1. The van der Waals surface area contributed by atoms with Crippen molar-refractivity contribution in [1.82, 2.24) is 29.5 Å². The monoisotopic (exact) mass is 447 g/mol. The lowest BCUT2D eigenvalue weighted by Crippen LogP contribution is -2.36. The highest BCUT2D eigenvalue weighted by molar-refractivity contribution is 5.75. The molecular weight excluding hydrogens is 422 g/mol. The minimum Gasteiger partial charge on any atom is -0.378 e. The number of nitrogens with zero attached hydrogens (tertiary/aromatic N) is 7. The maximum atomic E-state index is 11.0. The van der Waals surface area contributed by atoms with Crippen molar-refractivity contribution in [3.05, 3.63) is 54.6 Å². The van der Waals surface area contributed by atoms with Crippen molar-refractivity contribution in [2.75, 3.05) is 36.5 Å². The molecule has 1 aliphatic heterocycles. The zero-order chi connectivity index (χ0) is 22.6. The number of benzene rings is 1. The summed E-state index contributed by atoms with van der Waals surface area (Å²) in [6.07, 6.45) is 7.19. The Bertz CT molecular complexity index is 1260. The molecule has 1 aromatic carbocycles. The number of hydrogen-bond acceptors (Lipinski definition) is 8. The number of fused-ring (bicyclic) bond motifs is 1. The van der Waals surface area contributed by atoms with E-state index < -0.39 is 0 Å². The van der Waals surface area contributed by atoms with Crippen molar-refractivity contribution in [2.45, 2.75) is 19.5 Å². The highest BCUT2D eigenvalue weighted by atomic mass is 16.5. The number of carbonyl (C=O) groups excluding carboxylic acids is 1. The summed E-state index contributed by atoms with van der Waals surface area (Å²) in [6.45, 7) is 4.33. The minimum absolute atomic E-state index is 0.232. The number of aromatic nitrogens is 6. The topological polar surface area (TPSA) is 129 Å². The van der Waals surface area contributed by atoms with Gasteiger partial charge in [-0.15, -0.1) is 0 Å². The summed E-state index contributed by atoms with van der Waals surface area (Å²) in [7, 11) is 0. The molecule has 0 spiro atoms. The number of anilines is 3. The van der Waals surface area contributed by atoms with Crippen molar-refractivity contribution < 1.29 is 9.53 Å². The van der Waals surface area contributed by atoms with E-state index in [2.05, 4.69) is 54.6 Å². The lowest BCUT2D eigenvalue weighted by Gasteiger charge is -2.29. The smallest absolute Gasteiger partial charge is 0.229 e. The maximum Gasteiger partial charge on any atom is 0.229 e. The molecule has 1 fully saturated rings. The van der Waals surface area contributed by atoms with Crippen molar-refractivity contribution in [2.24, 2.45) is 5.73 Å². The Morgan fingerprint density at radius 1 is 1.15 bits per heavy atom. The fourth-order valence-corrected chi connectivity index (χ4v) is 3.79. The molecule has 0 saturated carbocycles. The molecule has 5 rings (SSSR count). The van der Waals surface area contributed by atoms with Gasteiger partial charge >= 0.3 is 0 Å². The van der Waals surface area contributed by atoms with Gasteiger partial charge in [-0.3, -0.25) is 9.48 Å². The number of aryl methyl sites for hydroxylation is 1. The number of carbonyl (C=O) groups is 1. The van der Waals surface area contributed by atoms with E-state index in [0.717, 1.165) is 48.6 Å². The second kappa shape index (κ2) is 9.25. The van der Waals surface area contributed by atoms with Gasteiger partial charge in [0.2, 0.25) is 11.9 Å². The number of nitrogens with two attached hydrogens (primary N) is 1. The molecule has 0 bridgehead atoms. The Balaban J connectivity index is 1.32. The first-order valence-corrected chi connectivity index (χ1v) is 10.8. The molecule has 1 saturated heterocycles. The standard InChI is InChI=1S/C22H25N9O2/c23-20(32)4-5-30-15-18(13-25-30)27-22-24-11-17-12-26-31(21(17)28-22)14-16-2-1-3-19(10-16)29-6-8-33-9-7-29/h1-3,10-13,15H,4-9,14H2,(H2,23,32)(H,24,27,28). The van der Waals surface area contributed by atoms with Crippen LogP contribution >= 0.6 is 0 Å². The highest BCUT2D eigenvalue weighted by Gasteiger charge is 2.13. The largest absolute Gasteiger partial charge is 0.378 e. The normalized spacial score (nSPS) is 14.0. The van der Waals surface area contributed by atoms with Crippen LogP contribution in [0.1, 0.15) is 12.0 Å². The molecule has 1 amide bonds. The average molecular weight is 448 g/mol. The van der Waals surface area contributed by atoms with Crippen LogP contribution in [0, 0.1) is 0 Å². The van der Waals surface area contributed by atoms with E-state index in [1.54, 1.807) is 29.5 Å². The van der Waals surface area contributed by atoms with Crippen LogP contribution < -0.4 is 16.0 Å². The number of ether oxygens (including phenoxy) is 1. The molecule has 33 heavy (non-hydrogen) atoms. The molecular formula is C22H25N9O2. The molecule has 3 N–H and O–H groups in total. The molecule has 4 aromatic rings. The van der Waals surface area contributed by atoms with Crippen LogP contribution in [0.5, 0.6) is 0 Å². The van der Waals surface area contributed by atoms with Gasteiger partial charge in [-0.1, -0.05) is 12.1 Å². The van der Waals surface area contributed by atoms with Gasteiger partial charge in [0.05, 0.1) is 43.2 Å². The quantitative estimate of drug-likeness (QED) is 0.416. The summed E-state index contributed by atoms with van der Waals surface area (Å²) in [6, 6.07) is 8.49. The summed E-state index contributed by atoms with van der Waals surface area (Å²) in [5, 5.41) is 12.8. The molecule has 0 atom stereocenters. The summed E-state index contributed by atoms with van der Waals surface area (Å²) >= 11 is 0. The van der Waals surface area contributed by atoms with Gasteiger partial charge in [-0.25, -0.2) is 9.67 Å². The van der Waals surface area contributed by atoms with Crippen molar-refractivity contribution in [1.29, 1.82) is 0 Å². The number of rotatable bonds is 8. The van der Waals surface area contributed by atoms with E-state index >= 15 is 0 Å². The zero-order valence-electron chi connectivity index (χ0n) is 18.1. The third-order valence-corrected chi connectivity index (χ3v) is 5.47. The summed E-state index contributed by atoms with van der Waals surface area (Å²) < 4.78 is 8.98. The summed E-state index contributed by atoms with van der Waals surface area (Å²) in [4.78, 5) is 22.3. The van der Waals surface area contributed by atoms with E-state index in [9.17, 15) is 4.79 Å². The first-order valence-electron chi connectivity index (χ1n) is 10.8. The van der Waals surface area contributed by atoms with Crippen LogP contribution in [-0.2, 0) is 22.6 Å². The van der Waals surface area contributed by atoms with Gasteiger partial charge in [-0.2, -0.15) is 15.2 Å². The molecule has 170 valence electrons. The van der Waals surface area contributed by atoms with Crippen LogP contribution in [0.25, 0.3) is 11.0 Å². The Morgan fingerprint density at radius 3 is 2.88 bits per heavy atom. The number of morpholine rings is 1. The van der Waals surface area contributed by atoms with Crippen LogP contribution in [0.4, 0.5) is 17.3 Å². The van der Waals surface area contributed by atoms with E-state index in [4.69, 9.17) is 10.5 Å². The SMILES string of the molecule is NC(=O)CCn1cc(Nc2ncc3cnn(Cc4cccc(N5CCOCC5)c4)c3n2)cn1. The number of primary amides is 1. The number of hydrogen-bond donors (Lipinski definition) is 2. The molecule has 1 aliphatic rings. The summed E-state index contributed by atoms with van der Waals surface area (Å²) in [5.74, 6) is 0.0818. The molecule has 11 heteroatoms. The maximum absolute atomic E-state index is 11.0. The predicted molar refractivity (Wildman–Crippen MR) is 123 cm³/mol. The Hall–Kier alpha value is -3.99. The Morgan fingerprint density at radius 2 is 2.03 bits per heavy atom. The highest BCUT2D eigenvalue weighted by Crippen LogP contribution is 2.20. The van der Waals surface area contributed by atoms with Crippen LogP contribution in [0.15, 0.2) is 49.1 Å². The minimum atomic E-state index is -0.363. The van der Waals surface area contributed by atoms with Crippen LogP contribution in [0.3, 0.4) is 0 Å². The van der Waals surface area contributed by atoms with Gasteiger partial charge < -0.3 is 20.7 Å². The van der Waals surface area contributed by atoms with Gasteiger partial charge in [0, 0.05) is 44.1 Å². The third kappa shape index (κ3) is 4.93. The van der Waals surface area contributed by atoms with E-state index in [1.807, 2.05) is 4.68 Å². The van der Waals surface area contributed by atoms with Crippen molar-refractivity contribution >= 4 is 34.3 Å². The Kier molecular flexibility index (Phi) is 5.85. The summed E-state index contributed by atoms with van der Waals surface area (Å²) in [5.41, 5.74) is 9.00. The molecule has 4 heterocycles. The fraction of sp³-hybridized carbons (Fsp3) is 0.318. The molecule has 0 radical (unpaired) electrons. The zero-order valence-corrected chi connectivity index (χ0v) is 18.1. The predicted octanol–water partition coefficient (Wildman–Crippen LogP) is 1.53. The first kappa shape index (κ1) is 20.9. The average Bonchev–Trinajstić information content (AvgIpc) is 3.45. The molecule has 3 aromatic heterocycles. The van der Waals surface area contributed by atoms with Gasteiger partial charge in [-0.05, 0) is 17.7 Å². The molecule has 0 unspecified atom stereocenters. The van der Waals surface area contributed by atoms with E-state index in [-0.39, 0.29) is 12.3 Å². The Labute approximate surface area is 190 Å².